The summed E-state index contributed by atoms with van der Waals surface area (Å²) in [7, 11) is 0. The van der Waals surface area contributed by atoms with E-state index in [1.165, 1.54) is 21.4 Å². The maximum atomic E-state index is 12.9. The highest BCUT2D eigenvalue weighted by Crippen LogP contribution is 2.29. The molecule has 0 saturated carbocycles. The predicted octanol–water partition coefficient (Wildman–Crippen LogP) is 4.46. The molecule has 0 atom stereocenters. The Kier molecular flexibility index (Phi) is 6.02. The Morgan fingerprint density at radius 3 is 2.31 bits per heavy atom. The van der Waals surface area contributed by atoms with Crippen LogP contribution in [0.5, 0.6) is 11.5 Å². The molecule has 4 aromatic rings. The predicted molar refractivity (Wildman–Crippen MR) is 129 cm³/mol. The molecule has 0 saturated heterocycles. The fraction of sp³-hybridized carbons (Fsp3) is 0.320. The van der Waals surface area contributed by atoms with Crippen LogP contribution in [0.2, 0.25) is 0 Å². The zero-order chi connectivity index (χ0) is 22.9. The van der Waals surface area contributed by atoms with E-state index >= 15 is 0 Å². The maximum Gasteiger partial charge on any atom is 0.291 e. The Bertz CT molecular complexity index is 1350. The number of rotatable bonds is 6. The largest absolute Gasteiger partial charge is 0.490 e. The van der Waals surface area contributed by atoms with Gasteiger partial charge in [0, 0.05) is 5.56 Å². The minimum atomic E-state index is -0.179. The summed E-state index contributed by atoms with van der Waals surface area (Å²) in [6.45, 7) is 11.5. The second kappa shape index (κ2) is 8.74. The van der Waals surface area contributed by atoms with E-state index < -0.39 is 0 Å². The van der Waals surface area contributed by atoms with Gasteiger partial charge in [-0.25, -0.2) is 0 Å². The van der Waals surface area contributed by atoms with Gasteiger partial charge in [0.05, 0.1) is 17.7 Å². The molecular weight excluding hydrogens is 422 g/mol. The van der Waals surface area contributed by atoms with Crippen molar-refractivity contribution < 1.29 is 9.47 Å². The third-order valence-corrected chi connectivity index (χ3v) is 6.02. The number of hydrogen-bond donors (Lipinski definition) is 0. The molecule has 166 valence electrons. The Morgan fingerprint density at radius 1 is 1.00 bits per heavy atom. The molecular formula is C25H27N3O3S. The summed E-state index contributed by atoms with van der Waals surface area (Å²) in [5, 5.41) is 4.46. The van der Waals surface area contributed by atoms with E-state index in [4.69, 9.17) is 9.47 Å². The lowest BCUT2D eigenvalue weighted by Gasteiger charge is -2.18. The van der Waals surface area contributed by atoms with Crippen molar-refractivity contribution in [2.45, 2.75) is 40.0 Å². The first kappa shape index (κ1) is 22.0. The summed E-state index contributed by atoms with van der Waals surface area (Å²) in [5.74, 6) is 1.91. The molecule has 0 aliphatic rings. The third kappa shape index (κ3) is 4.39. The number of nitrogens with zero attached hydrogens (tertiary/aromatic N) is 3. The first-order valence-electron chi connectivity index (χ1n) is 10.7. The lowest BCUT2D eigenvalue weighted by atomic mass is 9.87. The molecule has 0 bridgehead atoms. The topological polar surface area (TPSA) is 65.7 Å². The van der Waals surface area contributed by atoms with Crippen LogP contribution in [0.3, 0.4) is 0 Å². The van der Waals surface area contributed by atoms with Crippen LogP contribution in [-0.4, -0.2) is 27.8 Å². The van der Waals surface area contributed by atoms with Crippen LogP contribution in [-0.2, 0) is 5.41 Å². The van der Waals surface area contributed by atoms with E-state index in [1.807, 2.05) is 50.3 Å². The van der Waals surface area contributed by atoms with Crippen molar-refractivity contribution in [3.63, 3.8) is 0 Å². The number of hydrogen-bond acceptors (Lipinski definition) is 6. The molecule has 2 aromatic heterocycles. The molecule has 0 aliphatic carbocycles. The molecule has 0 fully saturated rings. The fourth-order valence-corrected chi connectivity index (χ4v) is 4.29. The standard InChI is InChI=1S/C25H27N3O3S/c1-6-30-19-13-8-16(14-20(19)31-7-2)15-21-23(29)28-24(32-21)26-22(27-28)17-9-11-18(12-10-17)25(3,4)5/h8-15H,6-7H2,1-5H3/b21-15-. The normalized spacial score (nSPS) is 12.5. The van der Waals surface area contributed by atoms with E-state index in [9.17, 15) is 4.79 Å². The zero-order valence-electron chi connectivity index (χ0n) is 19.0. The van der Waals surface area contributed by atoms with Crippen LogP contribution in [0.15, 0.2) is 47.3 Å². The molecule has 4 rings (SSSR count). The smallest absolute Gasteiger partial charge is 0.291 e. The van der Waals surface area contributed by atoms with E-state index in [2.05, 4.69) is 43.0 Å². The average Bonchev–Trinajstić information content (AvgIpc) is 3.29. The molecule has 0 aliphatic heterocycles. The maximum absolute atomic E-state index is 12.9. The highest BCUT2D eigenvalue weighted by atomic mass is 32.1. The van der Waals surface area contributed by atoms with Gasteiger partial charge in [0.2, 0.25) is 4.96 Å². The SMILES string of the molecule is CCOc1ccc(/C=c2\sc3nc(-c4ccc(C(C)(C)C)cc4)nn3c2=O)cc1OCC. The number of fused-ring (bicyclic) bond motifs is 1. The number of benzene rings is 2. The third-order valence-electron chi connectivity index (χ3n) is 5.06. The van der Waals surface area contributed by atoms with Gasteiger partial charge in [-0.1, -0.05) is 62.4 Å². The first-order chi connectivity index (χ1) is 15.3. The van der Waals surface area contributed by atoms with Crippen LogP contribution in [0.4, 0.5) is 0 Å². The Labute approximate surface area is 191 Å². The van der Waals surface area contributed by atoms with Crippen LogP contribution in [0, 0.1) is 0 Å². The van der Waals surface area contributed by atoms with Crippen molar-refractivity contribution in [2.24, 2.45) is 0 Å². The lowest BCUT2D eigenvalue weighted by Crippen LogP contribution is -2.23. The average molecular weight is 450 g/mol. The van der Waals surface area contributed by atoms with Gasteiger partial charge < -0.3 is 9.47 Å². The van der Waals surface area contributed by atoms with Crippen molar-refractivity contribution in [2.75, 3.05) is 13.2 Å². The van der Waals surface area contributed by atoms with E-state index in [-0.39, 0.29) is 11.0 Å². The van der Waals surface area contributed by atoms with Gasteiger partial charge in [-0.2, -0.15) is 9.50 Å². The van der Waals surface area contributed by atoms with Gasteiger partial charge in [0.25, 0.3) is 5.56 Å². The van der Waals surface area contributed by atoms with Gasteiger partial charge >= 0.3 is 0 Å². The van der Waals surface area contributed by atoms with Gasteiger partial charge in [0.15, 0.2) is 17.3 Å². The summed E-state index contributed by atoms with van der Waals surface area (Å²) < 4.78 is 13.2. The zero-order valence-corrected chi connectivity index (χ0v) is 19.8. The van der Waals surface area contributed by atoms with Crippen molar-refractivity contribution in [3.05, 3.63) is 68.5 Å². The van der Waals surface area contributed by atoms with Crippen LogP contribution < -0.4 is 19.6 Å². The van der Waals surface area contributed by atoms with Crippen LogP contribution in [0.1, 0.15) is 45.7 Å². The molecule has 0 unspecified atom stereocenters. The molecule has 6 nitrogen and oxygen atoms in total. The van der Waals surface area contributed by atoms with Gasteiger partial charge in [-0.3, -0.25) is 4.79 Å². The molecule has 0 radical (unpaired) electrons. The van der Waals surface area contributed by atoms with Crippen molar-refractivity contribution in [1.82, 2.24) is 14.6 Å². The lowest BCUT2D eigenvalue weighted by molar-refractivity contribution is 0.287. The molecule has 2 aromatic carbocycles. The molecule has 7 heteroatoms. The van der Waals surface area contributed by atoms with Gasteiger partial charge in [-0.05, 0) is 48.6 Å². The summed E-state index contributed by atoms with van der Waals surface area (Å²) in [5.41, 5.74) is 2.90. The summed E-state index contributed by atoms with van der Waals surface area (Å²) in [4.78, 5) is 18.1. The van der Waals surface area contributed by atoms with E-state index in [0.717, 1.165) is 11.1 Å². The van der Waals surface area contributed by atoms with E-state index in [0.29, 0.717) is 40.0 Å². The Hall–Kier alpha value is -3.19. The molecule has 32 heavy (non-hydrogen) atoms. The van der Waals surface area contributed by atoms with Crippen molar-refractivity contribution in [1.29, 1.82) is 0 Å². The first-order valence-corrected chi connectivity index (χ1v) is 11.5. The second-order valence-corrected chi connectivity index (χ2v) is 9.45. The molecule has 0 N–H and O–H groups in total. The van der Waals surface area contributed by atoms with Crippen LogP contribution >= 0.6 is 11.3 Å². The minimum absolute atomic E-state index is 0.0797. The van der Waals surface area contributed by atoms with Crippen molar-refractivity contribution in [3.8, 4) is 22.9 Å². The van der Waals surface area contributed by atoms with Crippen molar-refractivity contribution >= 4 is 22.4 Å². The number of thiazole rings is 1. The highest BCUT2D eigenvalue weighted by Gasteiger charge is 2.16. The number of ether oxygens (including phenoxy) is 2. The monoisotopic (exact) mass is 449 g/mol. The highest BCUT2D eigenvalue weighted by molar-refractivity contribution is 7.15. The summed E-state index contributed by atoms with van der Waals surface area (Å²) in [6.07, 6.45) is 1.83. The number of aromatic nitrogens is 3. The van der Waals surface area contributed by atoms with Gasteiger partial charge in [-0.15, -0.1) is 5.10 Å². The second-order valence-electron chi connectivity index (χ2n) is 8.45. The fourth-order valence-electron chi connectivity index (χ4n) is 3.38. The summed E-state index contributed by atoms with van der Waals surface area (Å²) in [6, 6.07) is 13.8. The molecule has 0 spiro atoms. The Morgan fingerprint density at radius 2 is 1.69 bits per heavy atom. The van der Waals surface area contributed by atoms with Crippen LogP contribution in [0.25, 0.3) is 22.4 Å². The molecule has 2 heterocycles. The minimum Gasteiger partial charge on any atom is -0.490 e. The summed E-state index contributed by atoms with van der Waals surface area (Å²) >= 11 is 1.32. The molecule has 0 amide bonds. The Balaban J connectivity index is 1.68. The quantitative estimate of drug-likeness (QED) is 0.435. The van der Waals surface area contributed by atoms with E-state index in [1.54, 1.807) is 0 Å². The van der Waals surface area contributed by atoms with Gasteiger partial charge in [0.1, 0.15) is 0 Å².